The summed E-state index contributed by atoms with van der Waals surface area (Å²) in [4.78, 5) is 16.4. The summed E-state index contributed by atoms with van der Waals surface area (Å²) in [5, 5.41) is 7.71. The lowest BCUT2D eigenvalue weighted by Gasteiger charge is -2.10. The van der Waals surface area contributed by atoms with Crippen molar-refractivity contribution in [1.82, 2.24) is 29.7 Å². The fourth-order valence-corrected chi connectivity index (χ4v) is 1.78. The second kappa shape index (κ2) is 7.01. The smallest absolute Gasteiger partial charge is 0.258 e. The molecule has 0 saturated heterocycles. The summed E-state index contributed by atoms with van der Waals surface area (Å²) >= 11 is 1.82. The van der Waals surface area contributed by atoms with E-state index in [1.165, 1.54) is 17.3 Å². The SMILES string of the molecule is CSC(C)CCNc1nc(NN)nc(-n2cncn2)n1. The van der Waals surface area contributed by atoms with E-state index in [9.17, 15) is 0 Å². The molecule has 9 nitrogen and oxygen atoms in total. The standard InChI is InChI=1S/C10H17N9S/c1-7(20-2)3-4-13-8-15-9(18-11)17-10(16-8)19-6-12-5-14-19/h5-7H,3-4,11H2,1-2H3,(H2,13,15,16,17,18). The molecule has 0 aliphatic heterocycles. The fraction of sp³-hybridized carbons (Fsp3) is 0.500. The first-order valence-electron chi connectivity index (χ1n) is 6.07. The zero-order valence-electron chi connectivity index (χ0n) is 11.3. The Morgan fingerprint density at radius 2 is 2.15 bits per heavy atom. The Labute approximate surface area is 120 Å². The first-order chi connectivity index (χ1) is 9.72. The first kappa shape index (κ1) is 14.5. The number of nitrogens with two attached hydrogens (primary N) is 1. The van der Waals surface area contributed by atoms with E-state index in [0.29, 0.717) is 17.1 Å². The molecule has 10 heteroatoms. The zero-order chi connectivity index (χ0) is 14.4. The van der Waals surface area contributed by atoms with Crippen LogP contribution in [-0.2, 0) is 0 Å². The number of hydrogen-bond acceptors (Lipinski definition) is 9. The summed E-state index contributed by atoms with van der Waals surface area (Å²) in [6, 6.07) is 0. The van der Waals surface area contributed by atoms with Gasteiger partial charge in [-0.15, -0.1) is 0 Å². The number of thioether (sulfide) groups is 1. The molecule has 0 aliphatic rings. The van der Waals surface area contributed by atoms with E-state index in [0.717, 1.165) is 13.0 Å². The molecule has 0 aromatic carbocycles. The van der Waals surface area contributed by atoms with Crippen LogP contribution in [0.25, 0.3) is 5.95 Å². The minimum atomic E-state index is 0.269. The molecule has 0 fully saturated rings. The van der Waals surface area contributed by atoms with Crippen molar-refractivity contribution in [3.63, 3.8) is 0 Å². The van der Waals surface area contributed by atoms with Gasteiger partial charge in [-0.05, 0) is 12.7 Å². The second-order valence-corrected chi connectivity index (χ2v) is 5.30. The fourth-order valence-electron chi connectivity index (χ4n) is 1.43. The van der Waals surface area contributed by atoms with Gasteiger partial charge in [0.25, 0.3) is 5.95 Å². The van der Waals surface area contributed by atoms with Crippen LogP contribution < -0.4 is 16.6 Å². The lowest BCUT2D eigenvalue weighted by Crippen LogP contribution is -2.17. The maximum Gasteiger partial charge on any atom is 0.258 e. The van der Waals surface area contributed by atoms with E-state index in [2.05, 4.69) is 49.0 Å². The van der Waals surface area contributed by atoms with Gasteiger partial charge in [0, 0.05) is 11.8 Å². The number of nitrogens with one attached hydrogen (secondary N) is 2. The lowest BCUT2D eigenvalue weighted by molar-refractivity contribution is 0.788. The van der Waals surface area contributed by atoms with E-state index < -0.39 is 0 Å². The zero-order valence-corrected chi connectivity index (χ0v) is 12.1. The highest BCUT2D eigenvalue weighted by Gasteiger charge is 2.08. The number of hydrogen-bond donors (Lipinski definition) is 3. The van der Waals surface area contributed by atoms with E-state index >= 15 is 0 Å². The van der Waals surface area contributed by atoms with Crippen molar-refractivity contribution in [3.8, 4) is 5.95 Å². The average molecular weight is 295 g/mol. The van der Waals surface area contributed by atoms with Gasteiger partial charge in [-0.25, -0.2) is 10.8 Å². The highest BCUT2D eigenvalue weighted by molar-refractivity contribution is 7.99. The lowest BCUT2D eigenvalue weighted by atomic mass is 10.3. The quantitative estimate of drug-likeness (QED) is 0.489. The van der Waals surface area contributed by atoms with Gasteiger partial charge in [-0.1, -0.05) is 6.92 Å². The number of hydrazine groups is 1. The van der Waals surface area contributed by atoms with Crippen LogP contribution in [0.3, 0.4) is 0 Å². The van der Waals surface area contributed by atoms with Crippen molar-refractivity contribution in [2.75, 3.05) is 23.5 Å². The number of rotatable bonds is 7. The van der Waals surface area contributed by atoms with Gasteiger partial charge in [0.2, 0.25) is 11.9 Å². The summed E-state index contributed by atoms with van der Waals surface area (Å²) in [6.07, 6.45) is 6.02. The highest BCUT2D eigenvalue weighted by atomic mass is 32.2. The summed E-state index contributed by atoms with van der Waals surface area (Å²) in [7, 11) is 0. The summed E-state index contributed by atoms with van der Waals surface area (Å²) in [5.74, 6) is 6.43. The van der Waals surface area contributed by atoms with Gasteiger partial charge in [0.05, 0.1) is 0 Å². The second-order valence-electron chi connectivity index (χ2n) is 4.03. The Kier molecular flexibility index (Phi) is 5.07. The summed E-state index contributed by atoms with van der Waals surface area (Å²) in [6.45, 7) is 2.94. The van der Waals surface area contributed by atoms with Gasteiger partial charge in [-0.3, -0.25) is 5.43 Å². The Balaban J connectivity index is 2.10. The van der Waals surface area contributed by atoms with Gasteiger partial charge in [-0.2, -0.15) is 36.5 Å². The molecule has 1 unspecified atom stereocenters. The minimum absolute atomic E-state index is 0.269. The minimum Gasteiger partial charge on any atom is -0.354 e. The van der Waals surface area contributed by atoms with E-state index in [1.54, 1.807) is 0 Å². The first-order valence-corrected chi connectivity index (χ1v) is 7.36. The molecule has 4 N–H and O–H groups in total. The summed E-state index contributed by atoms with van der Waals surface area (Å²) in [5.41, 5.74) is 2.41. The normalized spacial score (nSPS) is 12.2. The predicted molar refractivity (Wildman–Crippen MR) is 78.6 cm³/mol. The Bertz CT molecular complexity index is 530. The van der Waals surface area contributed by atoms with Gasteiger partial charge in [0.15, 0.2) is 0 Å². The topological polar surface area (TPSA) is 119 Å². The van der Waals surface area contributed by atoms with Crippen molar-refractivity contribution < 1.29 is 0 Å². The molecule has 0 amide bonds. The summed E-state index contributed by atoms with van der Waals surface area (Å²) < 4.78 is 1.44. The van der Waals surface area contributed by atoms with Crippen LogP contribution >= 0.6 is 11.8 Å². The molecule has 0 aliphatic carbocycles. The van der Waals surface area contributed by atoms with E-state index in [1.807, 2.05) is 11.8 Å². The van der Waals surface area contributed by atoms with Crippen LogP contribution in [-0.4, -0.2) is 47.8 Å². The monoisotopic (exact) mass is 295 g/mol. The Hall–Kier alpha value is -1.94. The maximum atomic E-state index is 5.36. The van der Waals surface area contributed by atoms with E-state index in [-0.39, 0.29) is 5.95 Å². The van der Waals surface area contributed by atoms with Crippen molar-refractivity contribution in [2.45, 2.75) is 18.6 Å². The molecule has 0 bridgehead atoms. The number of nitrogens with zero attached hydrogens (tertiary/aromatic N) is 6. The molecule has 1 atom stereocenters. The molecule has 108 valence electrons. The van der Waals surface area contributed by atoms with Gasteiger partial charge in [0.1, 0.15) is 12.7 Å². The van der Waals surface area contributed by atoms with Crippen LogP contribution in [0.5, 0.6) is 0 Å². The third-order valence-electron chi connectivity index (χ3n) is 2.61. The molecule has 2 rings (SSSR count). The van der Waals surface area contributed by atoms with Crippen LogP contribution in [0, 0.1) is 0 Å². The molecular formula is C10H17N9S. The Morgan fingerprint density at radius 3 is 2.80 bits per heavy atom. The van der Waals surface area contributed by atoms with Crippen molar-refractivity contribution >= 4 is 23.7 Å². The molecule has 0 radical (unpaired) electrons. The maximum absolute atomic E-state index is 5.36. The molecule has 20 heavy (non-hydrogen) atoms. The molecule has 0 saturated carbocycles. The van der Waals surface area contributed by atoms with Crippen molar-refractivity contribution in [2.24, 2.45) is 5.84 Å². The predicted octanol–water partition coefficient (Wildman–Crippen LogP) is 0.291. The number of aromatic nitrogens is 6. The van der Waals surface area contributed by atoms with Gasteiger partial charge >= 0.3 is 0 Å². The molecule has 0 spiro atoms. The number of nitrogen functional groups attached to an aromatic ring is 1. The van der Waals surface area contributed by atoms with Crippen LogP contribution in [0.2, 0.25) is 0 Å². The highest BCUT2D eigenvalue weighted by Crippen LogP contribution is 2.11. The van der Waals surface area contributed by atoms with Crippen molar-refractivity contribution in [1.29, 1.82) is 0 Å². The molecule has 2 aromatic heterocycles. The van der Waals surface area contributed by atoms with Gasteiger partial charge < -0.3 is 5.32 Å². The largest absolute Gasteiger partial charge is 0.354 e. The van der Waals surface area contributed by atoms with Crippen molar-refractivity contribution in [3.05, 3.63) is 12.7 Å². The molecule has 2 heterocycles. The average Bonchev–Trinajstić information content (AvgIpc) is 3.01. The number of anilines is 2. The molecular weight excluding hydrogens is 278 g/mol. The Morgan fingerprint density at radius 1 is 1.35 bits per heavy atom. The van der Waals surface area contributed by atoms with Crippen LogP contribution in [0.1, 0.15) is 13.3 Å². The third-order valence-corrected chi connectivity index (χ3v) is 3.65. The van der Waals surface area contributed by atoms with Crippen LogP contribution in [0.15, 0.2) is 12.7 Å². The third kappa shape index (κ3) is 3.78. The van der Waals surface area contributed by atoms with E-state index in [4.69, 9.17) is 5.84 Å². The van der Waals surface area contributed by atoms with Crippen LogP contribution in [0.4, 0.5) is 11.9 Å². The molecule has 2 aromatic rings.